The number of halogens is 1. The Morgan fingerprint density at radius 2 is 1.84 bits per heavy atom. The second-order valence-corrected chi connectivity index (χ2v) is 8.69. The lowest BCUT2D eigenvalue weighted by Gasteiger charge is -2.32. The van der Waals surface area contributed by atoms with Gasteiger partial charge in [-0.25, -0.2) is 9.37 Å². The summed E-state index contributed by atoms with van der Waals surface area (Å²) in [7, 11) is 0. The molecule has 1 atom stereocenters. The highest BCUT2D eigenvalue weighted by molar-refractivity contribution is 7.16. The zero-order valence-corrected chi connectivity index (χ0v) is 18.9. The van der Waals surface area contributed by atoms with Crippen molar-refractivity contribution >= 4 is 21.6 Å². The molecule has 2 aromatic carbocycles. The molecule has 5 nitrogen and oxygen atoms in total. The number of rotatable bonds is 9. The topological polar surface area (TPSA) is 64.2 Å². The van der Waals surface area contributed by atoms with Crippen LogP contribution in [0.15, 0.2) is 70.8 Å². The van der Waals surface area contributed by atoms with E-state index in [0.29, 0.717) is 31.6 Å². The van der Waals surface area contributed by atoms with E-state index < -0.39 is 0 Å². The van der Waals surface area contributed by atoms with Gasteiger partial charge in [-0.3, -0.25) is 14.3 Å². The van der Waals surface area contributed by atoms with Gasteiger partial charge in [-0.2, -0.15) is 0 Å². The van der Waals surface area contributed by atoms with E-state index in [2.05, 4.69) is 11.8 Å². The average Bonchev–Trinajstić information content (AvgIpc) is 3.28. The molecule has 0 amide bonds. The summed E-state index contributed by atoms with van der Waals surface area (Å²) < 4.78 is 15.2. The van der Waals surface area contributed by atoms with Crippen LogP contribution in [0.5, 0.6) is 0 Å². The van der Waals surface area contributed by atoms with Crippen molar-refractivity contribution < 1.29 is 4.39 Å². The van der Waals surface area contributed by atoms with E-state index in [1.165, 1.54) is 23.5 Å². The van der Waals surface area contributed by atoms with E-state index in [9.17, 15) is 9.18 Å². The van der Waals surface area contributed by atoms with Gasteiger partial charge in [-0.05, 0) is 41.1 Å². The highest BCUT2D eigenvalue weighted by Gasteiger charge is 2.25. The first kappa shape index (κ1) is 22.3. The molecular formula is C25H27FN4OS. The summed E-state index contributed by atoms with van der Waals surface area (Å²) in [5.74, 6) is 0.486. The third kappa shape index (κ3) is 4.80. The Bertz CT molecular complexity index is 1220. The Labute approximate surface area is 190 Å². The predicted octanol–water partition coefficient (Wildman–Crippen LogP) is 4.56. The molecule has 2 N–H and O–H groups in total. The summed E-state index contributed by atoms with van der Waals surface area (Å²) in [6.07, 6.45) is 0.763. The van der Waals surface area contributed by atoms with Crippen LogP contribution in [0.2, 0.25) is 0 Å². The lowest BCUT2D eigenvalue weighted by molar-refractivity contribution is 0.176. The molecule has 2 aromatic heterocycles. The standard InChI is InChI=1S/C25H27FN4OS/c1-2-22(29(14-13-27)16-19-8-10-20(26)11-9-19)23-28-24-21(12-15-32-24)25(31)30(23)17-18-6-4-3-5-7-18/h3-12,15,22H,2,13-14,16-17,27H2,1H3. The monoisotopic (exact) mass is 450 g/mol. The van der Waals surface area contributed by atoms with Crippen LogP contribution in [0, 0.1) is 5.82 Å². The zero-order valence-electron chi connectivity index (χ0n) is 18.1. The molecule has 0 radical (unpaired) electrons. The van der Waals surface area contributed by atoms with Gasteiger partial charge in [-0.1, -0.05) is 49.4 Å². The van der Waals surface area contributed by atoms with Crippen LogP contribution in [-0.2, 0) is 13.1 Å². The van der Waals surface area contributed by atoms with Crippen molar-refractivity contribution in [1.29, 1.82) is 0 Å². The van der Waals surface area contributed by atoms with E-state index in [1.54, 1.807) is 16.7 Å². The lowest BCUT2D eigenvalue weighted by atomic mass is 10.1. The van der Waals surface area contributed by atoms with Crippen molar-refractivity contribution in [1.82, 2.24) is 14.5 Å². The molecule has 0 spiro atoms. The van der Waals surface area contributed by atoms with Crippen LogP contribution in [0.3, 0.4) is 0 Å². The van der Waals surface area contributed by atoms with E-state index in [1.807, 2.05) is 41.8 Å². The normalized spacial score (nSPS) is 12.5. The summed E-state index contributed by atoms with van der Waals surface area (Å²) in [6.45, 7) is 4.26. The van der Waals surface area contributed by atoms with E-state index in [0.717, 1.165) is 28.2 Å². The largest absolute Gasteiger partial charge is 0.329 e. The van der Waals surface area contributed by atoms with Crippen molar-refractivity contribution in [2.75, 3.05) is 13.1 Å². The van der Waals surface area contributed by atoms with Gasteiger partial charge in [0.05, 0.1) is 18.0 Å². The summed E-state index contributed by atoms with van der Waals surface area (Å²) in [6, 6.07) is 18.2. The van der Waals surface area contributed by atoms with Gasteiger partial charge in [0.25, 0.3) is 5.56 Å². The van der Waals surface area contributed by atoms with Crippen LogP contribution in [0.4, 0.5) is 4.39 Å². The van der Waals surface area contributed by atoms with Crippen molar-refractivity contribution in [2.24, 2.45) is 5.73 Å². The van der Waals surface area contributed by atoms with Crippen LogP contribution < -0.4 is 11.3 Å². The lowest BCUT2D eigenvalue weighted by Crippen LogP contribution is -2.37. The maximum absolute atomic E-state index is 13.5. The molecule has 0 fully saturated rings. The molecule has 32 heavy (non-hydrogen) atoms. The second kappa shape index (κ2) is 10.2. The van der Waals surface area contributed by atoms with Crippen molar-refractivity contribution in [3.05, 3.63) is 99.2 Å². The van der Waals surface area contributed by atoms with Gasteiger partial charge in [-0.15, -0.1) is 11.3 Å². The Morgan fingerprint density at radius 1 is 1.09 bits per heavy atom. The number of hydrogen-bond donors (Lipinski definition) is 1. The molecule has 0 saturated heterocycles. The maximum atomic E-state index is 13.5. The fourth-order valence-corrected chi connectivity index (χ4v) is 4.84. The quantitative estimate of drug-likeness (QED) is 0.406. The molecule has 0 aliphatic rings. The Hall–Kier alpha value is -2.87. The first-order valence-corrected chi connectivity index (χ1v) is 11.7. The summed E-state index contributed by atoms with van der Waals surface area (Å²) in [5, 5.41) is 2.56. The molecule has 4 rings (SSSR count). The van der Waals surface area contributed by atoms with E-state index >= 15 is 0 Å². The molecule has 2 heterocycles. The molecular weight excluding hydrogens is 423 g/mol. The Morgan fingerprint density at radius 3 is 2.53 bits per heavy atom. The Kier molecular flexibility index (Phi) is 7.09. The smallest absolute Gasteiger partial charge is 0.262 e. The minimum Gasteiger partial charge on any atom is -0.329 e. The highest BCUT2D eigenvalue weighted by atomic mass is 32.1. The minimum absolute atomic E-state index is 0.0250. The van der Waals surface area contributed by atoms with E-state index in [-0.39, 0.29) is 17.4 Å². The first-order chi connectivity index (χ1) is 15.6. The number of nitrogens with two attached hydrogens (primary N) is 1. The SMILES string of the molecule is CCC(c1nc2sccc2c(=O)n1Cc1ccccc1)N(CCN)Cc1ccc(F)cc1. The molecule has 1 unspecified atom stereocenters. The molecule has 0 bridgehead atoms. The highest BCUT2D eigenvalue weighted by Crippen LogP contribution is 2.27. The molecule has 4 aromatic rings. The summed E-state index contributed by atoms with van der Waals surface area (Å²) in [5.41, 5.74) is 7.97. The van der Waals surface area contributed by atoms with Gasteiger partial charge in [0.15, 0.2) is 0 Å². The number of thiophene rings is 1. The molecule has 0 aliphatic carbocycles. The van der Waals surface area contributed by atoms with Crippen molar-refractivity contribution in [3.8, 4) is 0 Å². The summed E-state index contributed by atoms with van der Waals surface area (Å²) in [4.78, 5) is 21.4. The number of fused-ring (bicyclic) bond motifs is 1. The van der Waals surface area contributed by atoms with Crippen LogP contribution in [0.25, 0.3) is 10.2 Å². The second-order valence-electron chi connectivity index (χ2n) is 7.80. The van der Waals surface area contributed by atoms with Gasteiger partial charge in [0.1, 0.15) is 16.5 Å². The van der Waals surface area contributed by atoms with Gasteiger partial charge in [0.2, 0.25) is 0 Å². The summed E-state index contributed by atoms with van der Waals surface area (Å²) >= 11 is 1.48. The molecule has 7 heteroatoms. The Balaban J connectivity index is 1.79. The molecule has 0 aliphatic heterocycles. The molecule has 166 valence electrons. The van der Waals surface area contributed by atoms with Crippen LogP contribution in [-0.4, -0.2) is 27.5 Å². The van der Waals surface area contributed by atoms with Gasteiger partial charge < -0.3 is 5.73 Å². The number of hydrogen-bond acceptors (Lipinski definition) is 5. The molecule has 0 saturated carbocycles. The average molecular weight is 451 g/mol. The van der Waals surface area contributed by atoms with Crippen LogP contribution in [0.1, 0.15) is 36.3 Å². The number of aromatic nitrogens is 2. The predicted molar refractivity (Wildman–Crippen MR) is 128 cm³/mol. The number of benzene rings is 2. The zero-order chi connectivity index (χ0) is 22.5. The van der Waals surface area contributed by atoms with Crippen LogP contribution >= 0.6 is 11.3 Å². The first-order valence-electron chi connectivity index (χ1n) is 10.8. The van der Waals surface area contributed by atoms with Gasteiger partial charge in [0, 0.05) is 19.6 Å². The van der Waals surface area contributed by atoms with Gasteiger partial charge >= 0.3 is 0 Å². The van der Waals surface area contributed by atoms with E-state index in [4.69, 9.17) is 10.7 Å². The minimum atomic E-state index is -0.257. The maximum Gasteiger partial charge on any atom is 0.262 e. The third-order valence-corrected chi connectivity index (χ3v) is 6.44. The van der Waals surface area contributed by atoms with Crippen molar-refractivity contribution in [3.63, 3.8) is 0 Å². The third-order valence-electron chi connectivity index (χ3n) is 5.64. The van der Waals surface area contributed by atoms with Crippen molar-refractivity contribution in [2.45, 2.75) is 32.5 Å². The fraction of sp³-hybridized carbons (Fsp3) is 0.280. The fourth-order valence-electron chi connectivity index (χ4n) is 4.08. The number of nitrogens with zero attached hydrogens (tertiary/aromatic N) is 3.